The van der Waals surface area contributed by atoms with Crippen molar-refractivity contribution in [2.75, 3.05) is 20.7 Å². The zero-order valence-corrected chi connectivity index (χ0v) is 9.97. The van der Waals surface area contributed by atoms with E-state index in [9.17, 15) is 5.11 Å². The molecule has 4 nitrogen and oxygen atoms in total. The highest BCUT2D eigenvalue weighted by Gasteiger charge is 2.02. The average molecular weight is 222 g/mol. The third kappa shape index (κ3) is 3.81. The second-order valence-corrected chi connectivity index (χ2v) is 3.58. The van der Waals surface area contributed by atoms with E-state index in [0.29, 0.717) is 12.4 Å². The van der Waals surface area contributed by atoms with Crippen molar-refractivity contribution in [3.8, 4) is 11.5 Å². The Morgan fingerprint density at radius 3 is 2.81 bits per heavy atom. The maximum Gasteiger partial charge on any atom is 0.161 e. The average Bonchev–Trinajstić information content (AvgIpc) is 2.22. The first kappa shape index (κ1) is 12.4. The van der Waals surface area contributed by atoms with Crippen LogP contribution in [0.4, 0.5) is 0 Å². The lowest BCUT2D eigenvalue weighted by atomic mass is 10.1. The molecule has 1 N–H and O–H groups in total. The van der Waals surface area contributed by atoms with E-state index in [1.165, 1.54) is 0 Å². The molecule has 0 radical (unpaired) electrons. The summed E-state index contributed by atoms with van der Waals surface area (Å²) in [5.41, 5.74) is 1.06. The number of hydrazone groups is 1. The van der Waals surface area contributed by atoms with Crippen LogP contribution in [0.5, 0.6) is 11.5 Å². The van der Waals surface area contributed by atoms with Gasteiger partial charge in [0, 0.05) is 26.7 Å². The number of rotatable bonds is 5. The molecule has 0 aliphatic rings. The Bertz CT molecular complexity index is 362. The Balaban J connectivity index is 2.70. The van der Waals surface area contributed by atoms with Gasteiger partial charge in [-0.25, -0.2) is 0 Å². The lowest BCUT2D eigenvalue weighted by Gasteiger charge is -2.07. The smallest absolute Gasteiger partial charge is 0.161 e. The van der Waals surface area contributed by atoms with E-state index in [1.54, 1.807) is 11.1 Å². The van der Waals surface area contributed by atoms with Crippen molar-refractivity contribution in [1.82, 2.24) is 5.01 Å². The Labute approximate surface area is 96.2 Å². The summed E-state index contributed by atoms with van der Waals surface area (Å²) in [4.78, 5) is 0. The molecule has 0 amide bonds. The summed E-state index contributed by atoms with van der Waals surface area (Å²) in [6.07, 6.45) is 2.54. The lowest BCUT2D eigenvalue weighted by Crippen LogP contribution is -2.02. The summed E-state index contributed by atoms with van der Waals surface area (Å²) in [6, 6.07) is 5.34. The number of ether oxygens (including phenoxy) is 1. The van der Waals surface area contributed by atoms with Gasteiger partial charge in [-0.2, -0.15) is 5.10 Å². The molecule has 1 aromatic rings. The monoisotopic (exact) mass is 222 g/mol. The van der Waals surface area contributed by atoms with Gasteiger partial charge in [-0.05, 0) is 24.6 Å². The minimum atomic E-state index is 0.176. The maximum atomic E-state index is 9.51. The molecule has 0 heterocycles. The molecule has 0 atom stereocenters. The molecule has 88 valence electrons. The summed E-state index contributed by atoms with van der Waals surface area (Å²) >= 11 is 0. The van der Waals surface area contributed by atoms with Gasteiger partial charge in [0.1, 0.15) is 0 Å². The first-order valence-corrected chi connectivity index (χ1v) is 5.28. The molecule has 1 aromatic carbocycles. The number of phenols is 1. The summed E-state index contributed by atoms with van der Waals surface area (Å²) in [5, 5.41) is 15.4. The van der Waals surface area contributed by atoms with Crippen molar-refractivity contribution >= 4 is 6.21 Å². The predicted octanol–water partition coefficient (Wildman–Crippen LogP) is 1.88. The van der Waals surface area contributed by atoms with E-state index in [2.05, 4.69) is 5.10 Å². The molecule has 0 aliphatic carbocycles. The Morgan fingerprint density at radius 1 is 1.44 bits per heavy atom. The quantitative estimate of drug-likeness (QED) is 0.611. The predicted molar refractivity (Wildman–Crippen MR) is 65.2 cm³/mol. The van der Waals surface area contributed by atoms with Crippen LogP contribution in [0.3, 0.4) is 0 Å². The van der Waals surface area contributed by atoms with Gasteiger partial charge in [0.05, 0.1) is 6.61 Å². The molecule has 0 unspecified atom stereocenters. The zero-order chi connectivity index (χ0) is 12.0. The normalized spacial score (nSPS) is 10.7. The molecule has 4 heteroatoms. The van der Waals surface area contributed by atoms with Gasteiger partial charge in [0.25, 0.3) is 0 Å². The van der Waals surface area contributed by atoms with Crippen LogP contribution in [-0.2, 0) is 6.42 Å². The Morgan fingerprint density at radius 2 is 2.19 bits per heavy atom. The van der Waals surface area contributed by atoms with Crippen LogP contribution in [0.25, 0.3) is 0 Å². The van der Waals surface area contributed by atoms with Gasteiger partial charge in [-0.1, -0.05) is 6.07 Å². The molecule has 16 heavy (non-hydrogen) atoms. The second-order valence-electron chi connectivity index (χ2n) is 3.58. The molecule has 0 fully saturated rings. The lowest BCUT2D eigenvalue weighted by molar-refractivity contribution is 0.318. The highest BCUT2D eigenvalue weighted by molar-refractivity contribution is 5.62. The van der Waals surface area contributed by atoms with Crippen LogP contribution in [0.2, 0.25) is 0 Å². The van der Waals surface area contributed by atoms with Crippen LogP contribution in [0.15, 0.2) is 23.3 Å². The van der Waals surface area contributed by atoms with Gasteiger partial charge in [0.2, 0.25) is 0 Å². The third-order valence-corrected chi connectivity index (χ3v) is 1.96. The van der Waals surface area contributed by atoms with Crippen molar-refractivity contribution in [3.05, 3.63) is 23.8 Å². The molecule has 1 rings (SSSR count). The van der Waals surface area contributed by atoms with Gasteiger partial charge in [-0.15, -0.1) is 0 Å². The fraction of sp³-hybridized carbons (Fsp3) is 0.417. The van der Waals surface area contributed by atoms with Crippen molar-refractivity contribution in [2.24, 2.45) is 5.10 Å². The van der Waals surface area contributed by atoms with E-state index in [1.807, 2.05) is 39.4 Å². The Hall–Kier alpha value is -1.71. The largest absolute Gasteiger partial charge is 0.504 e. The molecule has 0 aliphatic heterocycles. The van der Waals surface area contributed by atoms with Crippen LogP contribution in [0.1, 0.15) is 12.5 Å². The summed E-state index contributed by atoms with van der Waals surface area (Å²) in [5.74, 6) is 0.702. The van der Waals surface area contributed by atoms with E-state index < -0.39 is 0 Å². The van der Waals surface area contributed by atoms with E-state index in [4.69, 9.17) is 4.74 Å². The highest BCUT2D eigenvalue weighted by atomic mass is 16.5. The van der Waals surface area contributed by atoms with Gasteiger partial charge < -0.3 is 14.9 Å². The fourth-order valence-electron chi connectivity index (χ4n) is 1.27. The summed E-state index contributed by atoms with van der Waals surface area (Å²) < 4.78 is 5.30. The number of hydrogen-bond donors (Lipinski definition) is 1. The molecule has 0 saturated carbocycles. The number of nitrogens with zero attached hydrogens (tertiary/aromatic N) is 2. The van der Waals surface area contributed by atoms with Crippen molar-refractivity contribution < 1.29 is 9.84 Å². The number of phenolic OH excluding ortho intramolecular Hbond substituents is 1. The first-order valence-electron chi connectivity index (χ1n) is 5.28. The van der Waals surface area contributed by atoms with E-state index >= 15 is 0 Å². The summed E-state index contributed by atoms with van der Waals surface area (Å²) in [6.45, 7) is 2.43. The maximum absolute atomic E-state index is 9.51. The molecule has 0 aromatic heterocycles. The zero-order valence-electron chi connectivity index (χ0n) is 9.97. The topological polar surface area (TPSA) is 45.1 Å². The third-order valence-electron chi connectivity index (χ3n) is 1.96. The first-order chi connectivity index (χ1) is 7.63. The molecule has 0 saturated heterocycles. The van der Waals surface area contributed by atoms with E-state index in [0.717, 1.165) is 12.0 Å². The molecular weight excluding hydrogens is 204 g/mol. The van der Waals surface area contributed by atoms with Gasteiger partial charge in [0.15, 0.2) is 11.5 Å². The number of benzene rings is 1. The van der Waals surface area contributed by atoms with E-state index in [-0.39, 0.29) is 5.75 Å². The minimum Gasteiger partial charge on any atom is -0.504 e. The van der Waals surface area contributed by atoms with Crippen molar-refractivity contribution in [3.63, 3.8) is 0 Å². The fourth-order valence-corrected chi connectivity index (χ4v) is 1.27. The highest BCUT2D eigenvalue weighted by Crippen LogP contribution is 2.26. The minimum absolute atomic E-state index is 0.176. The molecular formula is C12H18N2O2. The standard InChI is InChI=1S/C12H18N2O2/c1-4-16-12-9-10(5-6-11(12)15)7-8-13-14(2)3/h5-6,8-9,15H,4,7H2,1-3H3/b13-8+. The SMILES string of the molecule is CCOc1cc(C/C=N/N(C)C)ccc1O. The van der Waals surface area contributed by atoms with Gasteiger partial charge in [-0.3, -0.25) is 0 Å². The van der Waals surface area contributed by atoms with Gasteiger partial charge >= 0.3 is 0 Å². The summed E-state index contributed by atoms with van der Waals surface area (Å²) in [7, 11) is 3.75. The number of hydrogen-bond acceptors (Lipinski definition) is 4. The van der Waals surface area contributed by atoms with Crippen LogP contribution in [0, 0.1) is 0 Å². The van der Waals surface area contributed by atoms with Crippen molar-refractivity contribution in [2.45, 2.75) is 13.3 Å². The number of aromatic hydroxyl groups is 1. The second kappa shape index (κ2) is 6.00. The molecule has 0 bridgehead atoms. The van der Waals surface area contributed by atoms with Crippen LogP contribution in [-0.4, -0.2) is 37.0 Å². The molecule has 0 spiro atoms. The van der Waals surface area contributed by atoms with Crippen LogP contribution >= 0.6 is 0 Å². The van der Waals surface area contributed by atoms with Crippen molar-refractivity contribution in [1.29, 1.82) is 0 Å². The van der Waals surface area contributed by atoms with Crippen LogP contribution < -0.4 is 4.74 Å². The Kier molecular flexibility index (Phi) is 4.64.